The highest BCUT2D eigenvalue weighted by Gasteiger charge is 2.47. The smallest absolute Gasteiger partial charge is 0.324 e. The SMILES string of the molecule is CC(C)c1noc(N2CC(C)(C)OC3(CCCC3)C2)n1. The Morgan fingerprint density at radius 2 is 1.85 bits per heavy atom. The van der Waals surface area contributed by atoms with Gasteiger partial charge in [-0.3, -0.25) is 0 Å². The van der Waals surface area contributed by atoms with Gasteiger partial charge in [0.25, 0.3) is 0 Å². The van der Waals surface area contributed by atoms with E-state index in [2.05, 4.69) is 42.7 Å². The molecule has 1 aliphatic heterocycles. The second-order valence-corrected chi connectivity index (χ2v) is 7.20. The zero-order valence-corrected chi connectivity index (χ0v) is 13.0. The van der Waals surface area contributed by atoms with Crippen molar-refractivity contribution in [3.8, 4) is 0 Å². The molecule has 1 aliphatic carbocycles. The number of ether oxygens (including phenoxy) is 1. The van der Waals surface area contributed by atoms with Gasteiger partial charge in [0, 0.05) is 5.92 Å². The second-order valence-electron chi connectivity index (χ2n) is 7.20. The molecule has 1 saturated carbocycles. The molecule has 2 fully saturated rings. The number of aromatic nitrogens is 2. The molecule has 5 heteroatoms. The minimum atomic E-state index is -0.172. The Morgan fingerprint density at radius 1 is 1.15 bits per heavy atom. The molecule has 1 aromatic heterocycles. The van der Waals surface area contributed by atoms with Crippen molar-refractivity contribution in [1.29, 1.82) is 0 Å². The summed E-state index contributed by atoms with van der Waals surface area (Å²) in [7, 11) is 0. The molecule has 1 saturated heterocycles. The molecule has 0 bridgehead atoms. The van der Waals surface area contributed by atoms with E-state index < -0.39 is 0 Å². The van der Waals surface area contributed by atoms with Crippen molar-refractivity contribution in [2.75, 3.05) is 18.0 Å². The molecular formula is C15H25N3O2. The van der Waals surface area contributed by atoms with E-state index in [0.717, 1.165) is 31.8 Å². The van der Waals surface area contributed by atoms with Gasteiger partial charge in [0.1, 0.15) is 0 Å². The lowest BCUT2D eigenvalue weighted by Gasteiger charge is -2.48. The molecule has 0 unspecified atom stereocenters. The van der Waals surface area contributed by atoms with Gasteiger partial charge in [-0.2, -0.15) is 4.98 Å². The average Bonchev–Trinajstić information content (AvgIpc) is 2.96. The number of rotatable bonds is 2. The molecule has 0 N–H and O–H groups in total. The molecule has 1 aromatic rings. The van der Waals surface area contributed by atoms with Gasteiger partial charge < -0.3 is 14.2 Å². The molecule has 2 heterocycles. The molecule has 0 atom stereocenters. The van der Waals surface area contributed by atoms with Crippen LogP contribution in [0.1, 0.15) is 65.1 Å². The lowest BCUT2D eigenvalue weighted by atomic mass is 9.94. The largest absolute Gasteiger partial charge is 0.365 e. The predicted molar refractivity (Wildman–Crippen MR) is 77.0 cm³/mol. The summed E-state index contributed by atoms with van der Waals surface area (Å²) in [4.78, 5) is 6.76. The summed E-state index contributed by atoms with van der Waals surface area (Å²) in [6.45, 7) is 10.1. The van der Waals surface area contributed by atoms with Crippen molar-refractivity contribution in [2.45, 2.75) is 70.5 Å². The van der Waals surface area contributed by atoms with E-state index in [-0.39, 0.29) is 11.2 Å². The fourth-order valence-electron chi connectivity index (χ4n) is 3.52. The van der Waals surface area contributed by atoms with Gasteiger partial charge in [0.15, 0.2) is 5.82 Å². The summed E-state index contributed by atoms with van der Waals surface area (Å²) < 4.78 is 11.9. The highest BCUT2D eigenvalue weighted by atomic mass is 16.5. The molecule has 0 radical (unpaired) electrons. The van der Waals surface area contributed by atoms with Gasteiger partial charge in [0.05, 0.1) is 24.3 Å². The third-order valence-electron chi connectivity index (χ3n) is 4.28. The summed E-state index contributed by atoms with van der Waals surface area (Å²) in [6, 6.07) is 0.649. The average molecular weight is 279 g/mol. The number of hydrogen-bond acceptors (Lipinski definition) is 5. The molecule has 2 aliphatic rings. The van der Waals surface area contributed by atoms with E-state index in [1.54, 1.807) is 0 Å². The van der Waals surface area contributed by atoms with Crippen molar-refractivity contribution in [2.24, 2.45) is 0 Å². The van der Waals surface area contributed by atoms with E-state index in [0.29, 0.717) is 11.9 Å². The lowest BCUT2D eigenvalue weighted by molar-refractivity contribution is -0.149. The van der Waals surface area contributed by atoms with Gasteiger partial charge in [-0.1, -0.05) is 31.8 Å². The van der Waals surface area contributed by atoms with Crippen LogP contribution in [0.25, 0.3) is 0 Å². The highest BCUT2D eigenvalue weighted by molar-refractivity contribution is 5.30. The Kier molecular flexibility index (Phi) is 3.27. The molecule has 112 valence electrons. The van der Waals surface area contributed by atoms with Crippen LogP contribution in [0.4, 0.5) is 6.01 Å². The van der Waals surface area contributed by atoms with Gasteiger partial charge in [0.2, 0.25) is 0 Å². The van der Waals surface area contributed by atoms with Crippen LogP contribution in [0.3, 0.4) is 0 Å². The summed E-state index contributed by atoms with van der Waals surface area (Å²) in [6.07, 6.45) is 4.78. The Labute approximate surface area is 120 Å². The van der Waals surface area contributed by atoms with Crippen LogP contribution in [-0.2, 0) is 4.74 Å². The van der Waals surface area contributed by atoms with Crippen molar-refractivity contribution in [3.05, 3.63) is 5.82 Å². The Morgan fingerprint density at radius 3 is 2.45 bits per heavy atom. The van der Waals surface area contributed by atoms with Gasteiger partial charge >= 0.3 is 6.01 Å². The monoisotopic (exact) mass is 279 g/mol. The molecule has 3 rings (SSSR count). The quantitative estimate of drug-likeness (QED) is 0.832. The van der Waals surface area contributed by atoms with Crippen LogP contribution in [-0.4, -0.2) is 34.4 Å². The minimum Gasteiger partial charge on any atom is -0.365 e. The maximum atomic E-state index is 6.40. The summed E-state index contributed by atoms with van der Waals surface area (Å²) in [5.74, 6) is 1.08. The second kappa shape index (κ2) is 4.72. The minimum absolute atomic E-state index is 0.0196. The van der Waals surface area contributed by atoms with Gasteiger partial charge in [-0.05, 0) is 26.7 Å². The standard InChI is InChI=1S/C15H25N3O2/c1-11(2)12-16-13(19-17-12)18-9-14(3,4)20-15(10-18)7-5-6-8-15/h11H,5-10H2,1-4H3. The molecule has 0 amide bonds. The van der Waals surface area contributed by atoms with E-state index in [1.807, 2.05) is 0 Å². The first-order chi connectivity index (χ1) is 9.39. The van der Waals surface area contributed by atoms with E-state index >= 15 is 0 Å². The van der Waals surface area contributed by atoms with E-state index in [1.165, 1.54) is 12.8 Å². The van der Waals surface area contributed by atoms with Gasteiger partial charge in [-0.15, -0.1) is 0 Å². The van der Waals surface area contributed by atoms with Crippen molar-refractivity contribution < 1.29 is 9.26 Å². The first-order valence-electron chi connectivity index (χ1n) is 7.68. The third kappa shape index (κ3) is 2.55. The van der Waals surface area contributed by atoms with Crippen LogP contribution < -0.4 is 4.90 Å². The van der Waals surface area contributed by atoms with E-state index in [4.69, 9.17) is 9.26 Å². The van der Waals surface area contributed by atoms with Crippen LogP contribution in [0.2, 0.25) is 0 Å². The zero-order valence-electron chi connectivity index (χ0n) is 13.0. The van der Waals surface area contributed by atoms with Crippen molar-refractivity contribution in [3.63, 3.8) is 0 Å². The van der Waals surface area contributed by atoms with Crippen LogP contribution in [0.5, 0.6) is 0 Å². The zero-order chi connectivity index (χ0) is 14.4. The maximum absolute atomic E-state index is 6.40. The van der Waals surface area contributed by atoms with Crippen molar-refractivity contribution in [1.82, 2.24) is 10.1 Å². The molecule has 1 spiro atoms. The topological polar surface area (TPSA) is 51.4 Å². The van der Waals surface area contributed by atoms with Gasteiger partial charge in [-0.25, -0.2) is 0 Å². The van der Waals surface area contributed by atoms with E-state index in [9.17, 15) is 0 Å². The molecule has 5 nitrogen and oxygen atoms in total. The number of morpholine rings is 1. The fourth-order valence-corrected chi connectivity index (χ4v) is 3.52. The van der Waals surface area contributed by atoms with Crippen LogP contribution in [0, 0.1) is 0 Å². The van der Waals surface area contributed by atoms with Crippen LogP contribution >= 0.6 is 0 Å². The highest BCUT2D eigenvalue weighted by Crippen LogP contribution is 2.41. The molecular weight excluding hydrogens is 254 g/mol. The number of nitrogens with zero attached hydrogens (tertiary/aromatic N) is 3. The lowest BCUT2D eigenvalue weighted by Crippen LogP contribution is -2.58. The number of anilines is 1. The normalized spacial score (nSPS) is 24.8. The first-order valence-corrected chi connectivity index (χ1v) is 7.68. The summed E-state index contributed by atoms with van der Waals surface area (Å²) >= 11 is 0. The summed E-state index contributed by atoms with van der Waals surface area (Å²) in [5, 5.41) is 4.09. The third-order valence-corrected chi connectivity index (χ3v) is 4.28. The van der Waals surface area contributed by atoms with Crippen molar-refractivity contribution >= 4 is 6.01 Å². The maximum Gasteiger partial charge on any atom is 0.324 e. The molecule has 0 aromatic carbocycles. The molecule has 20 heavy (non-hydrogen) atoms. The summed E-state index contributed by atoms with van der Waals surface area (Å²) in [5.41, 5.74) is -0.191. The number of hydrogen-bond donors (Lipinski definition) is 0. The van der Waals surface area contributed by atoms with Crippen LogP contribution in [0.15, 0.2) is 4.52 Å². The Bertz CT molecular complexity index is 475. The Balaban J connectivity index is 1.84. The predicted octanol–water partition coefficient (Wildman–Crippen LogP) is 3.12. The Hall–Kier alpha value is -1.10. The first kappa shape index (κ1) is 13.9. The fraction of sp³-hybridized carbons (Fsp3) is 0.867.